The highest BCUT2D eigenvalue weighted by atomic mass is 16.4. The maximum atomic E-state index is 12.4. The number of carboxylic acid groups (broad SMARTS) is 1. The number of fused-ring (bicyclic) bond motifs is 1. The quantitative estimate of drug-likeness (QED) is 0.902. The third-order valence-electron chi connectivity index (χ3n) is 4.35. The van der Waals surface area contributed by atoms with Gasteiger partial charge in [0, 0.05) is 25.2 Å². The molecule has 0 aromatic heterocycles. The molecule has 116 valence electrons. The van der Waals surface area contributed by atoms with E-state index in [4.69, 9.17) is 5.11 Å². The van der Waals surface area contributed by atoms with Gasteiger partial charge in [0.25, 0.3) is 5.91 Å². The van der Waals surface area contributed by atoms with Crippen LogP contribution in [0, 0.1) is 5.92 Å². The fourth-order valence-electron chi connectivity index (χ4n) is 3.11. The number of hydrogen-bond donors (Lipinski definition) is 1. The van der Waals surface area contributed by atoms with Gasteiger partial charge in [-0.05, 0) is 24.5 Å². The Kier molecular flexibility index (Phi) is 3.83. The van der Waals surface area contributed by atoms with E-state index in [1.807, 2.05) is 18.2 Å². The number of carbonyl (C=O) groups is 3. The van der Waals surface area contributed by atoms with Crippen molar-refractivity contribution in [1.82, 2.24) is 9.80 Å². The normalized spacial score (nSPS) is 20.9. The Morgan fingerprint density at radius 3 is 2.77 bits per heavy atom. The molecule has 0 spiro atoms. The third kappa shape index (κ3) is 2.68. The number of rotatable bonds is 3. The average molecular weight is 302 g/mol. The van der Waals surface area contributed by atoms with Gasteiger partial charge in [0.2, 0.25) is 5.91 Å². The van der Waals surface area contributed by atoms with Gasteiger partial charge in [-0.15, -0.1) is 0 Å². The monoisotopic (exact) mass is 302 g/mol. The number of carbonyl (C=O) groups excluding carboxylic acids is 2. The Labute approximate surface area is 128 Å². The summed E-state index contributed by atoms with van der Waals surface area (Å²) in [5.74, 6) is -1.66. The zero-order chi connectivity index (χ0) is 15.7. The van der Waals surface area contributed by atoms with Gasteiger partial charge in [-0.2, -0.15) is 0 Å². The van der Waals surface area contributed by atoms with Gasteiger partial charge in [0.05, 0.1) is 5.92 Å². The Balaban J connectivity index is 1.63. The number of aliphatic carboxylic acids is 1. The van der Waals surface area contributed by atoms with Gasteiger partial charge in [0.15, 0.2) is 0 Å². The van der Waals surface area contributed by atoms with E-state index in [1.165, 1.54) is 4.90 Å². The molecule has 0 unspecified atom stereocenters. The maximum Gasteiger partial charge on any atom is 0.308 e. The summed E-state index contributed by atoms with van der Waals surface area (Å²) in [6.07, 6.45) is 1.30. The van der Waals surface area contributed by atoms with Gasteiger partial charge < -0.3 is 14.9 Å². The van der Waals surface area contributed by atoms with E-state index in [0.717, 1.165) is 5.56 Å². The molecule has 1 fully saturated rings. The molecule has 1 saturated heterocycles. The van der Waals surface area contributed by atoms with Crippen LogP contribution in [0.2, 0.25) is 0 Å². The van der Waals surface area contributed by atoms with E-state index < -0.39 is 11.9 Å². The van der Waals surface area contributed by atoms with Crippen molar-refractivity contribution in [2.75, 3.05) is 19.6 Å². The van der Waals surface area contributed by atoms with Crippen LogP contribution in [0.3, 0.4) is 0 Å². The van der Waals surface area contributed by atoms with Crippen LogP contribution >= 0.6 is 0 Å². The number of piperidine rings is 1. The molecule has 2 aliphatic heterocycles. The number of amides is 2. The van der Waals surface area contributed by atoms with Gasteiger partial charge in [0.1, 0.15) is 6.54 Å². The molecular weight excluding hydrogens is 284 g/mol. The summed E-state index contributed by atoms with van der Waals surface area (Å²) in [5.41, 5.74) is 1.58. The first-order chi connectivity index (χ1) is 10.6. The lowest BCUT2D eigenvalue weighted by Crippen LogP contribution is -2.46. The average Bonchev–Trinajstić information content (AvgIpc) is 2.84. The lowest BCUT2D eigenvalue weighted by atomic mass is 9.98. The summed E-state index contributed by atoms with van der Waals surface area (Å²) < 4.78 is 0. The first-order valence-electron chi connectivity index (χ1n) is 7.44. The SMILES string of the molecule is O=C(O)[C@H]1CCCN(C(=O)CN2Cc3ccccc3C2=O)C1. The molecule has 6 heteroatoms. The van der Waals surface area contributed by atoms with Crippen molar-refractivity contribution < 1.29 is 19.5 Å². The predicted molar refractivity (Wildman–Crippen MR) is 78.1 cm³/mol. The van der Waals surface area contributed by atoms with Crippen molar-refractivity contribution in [1.29, 1.82) is 0 Å². The van der Waals surface area contributed by atoms with Crippen LogP contribution in [0.1, 0.15) is 28.8 Å². The van der Waals surface area contributed by atoms with E-state index in [-0.39, 0.29) is 24.9 Å². The van der Waals surface area contributed by atoms with Crippen LogP contribution in [0.4, 0.5) is 0 Å². The van der Waals surface area contributed by atoms with E-state index in [9.17, 15) is 14.4 Å². The number of carboxylic acids is 1. The molecule has 22 heavy (non-hydrogen) atoms. The minimum Gasteiger partial charge on any atom is -0.481 e. The molecule has 2 amide bonds. The molecule has 0 saturated carbocycles. The Bertz CT molecular complexity index is 628. The van der Waals surface area contributed by atoms with Crippen molar-refractivity contribution in [3.63, 3.8) is 0 Å². The topological polar surface area (TPSA) is 77.9 Å². The second-order valence-corrected chi connectivity index (χ2v) is 5.84. The lowest BCUT2D eigenvalue weighted by Gasteiger charge is -2.31. The first-order valence-corrected chi connectivity index (χ1v) is 7.44. The molecule has 3 rings (SSSR count). The minimum atomic E-state index is -0.859. The maximum absolute atomic E-state index is 12.4. The highest BCUT2D eigenvalue weighted by Crippen LogP contribution is 2.23. The Morgan fingerprint density at radius 2 is 2.05 bits per heavy atom. The third-order valence-corrected chi connectivity index (χ3v) is 4.35. The van der Waals surface area contributed by atoms with Crippen molar-refractivity contribution in [3.8, 4) is 0 Å². The number of benzene rings is 1. The van der Waals surface area contributed by atoms with Crippen molar-refractivity contribution in [2.45, 2.75) is 19.4 Å². The summed E-state index contributed by atoms with van der Waals surface area (Å²) in [5, 5.41) is 9.08. The van der Waals surface area contributed by atoms with Crippen molar-refractivity contribution in [2.24, 2.45) is 5.92 Å². The standard InChI is InChI=1S/C16H18N2O4/c19-14(17-7-3-5-12(9-17)16(21)22)10-18-8-11-4-1-2-6-13(11)15(18)20/h1-2,4,6,12H,3,5,7-10H2,(H,21,22)/t12-/m0/s1. The molecule has 0 aliphatic carbocycles. The van der Waals surface area contributed by atoms with Crippen LogP contribution < -0.4 is 0 Å². The summed E-state index contributed by atoms with van der Waals surface area (Å²) in [6, 6.07) is 7.34. The van der Waals surface area contributed by atoms with Crippen LogP contribution in [0.25, 0.3) is 0 Å². The van der Waals surface area contributed by atoms with Gasteiger partial charge >= 0.3 is 5.97 Å². The molecule has 0 bridgehead atoms. The summed E-state index contributed by atoms with van der Waals surface area (Å²) in [6.45, 7) is 1.26. The largest absolute Gasteiger partial charge is 0.481 e. The number of likely N-dealkylation sites (tertiary alicyclic amines) is 1. The van der Waals surface area contributed by atoms with Crippen LogP contribution in [0.5, 0.6) is 0 Å². The summed E-state index contributed by atoms with van der Waals surface area (Å²) in [7, 11) is 0. The summed E-state index contributed by atoms with van der Waals surface area (Å²) >= 11 is 0. The number of nitrogens with zero attached hydrogens (tertiary/aromatic N) is 2. The molecular formula is C16H18N2O4. The van der Waals surface area contributed by atoms with E-state index in [1.54, 1.807) is 11.0 Å². The highest BCUT2D eigenvalue weighted by Gasteiger charge is 2.32. The summed E-state index contributed by atoms with van der Waals surface area (Å²) in [4.78, 5) is 38.8. The molecule has 1 N–H and O–H groups in total. The molecule has 1 aromatic rings. The molecule has 1 atom stereocenters. The fraction of sp³-hybridized carbons (Fsp3) is 0.438. The van der Waals surface area contributed by atoms with Crippen molar-refractivity contribution in [3.05, 3.63) is 35.4 Å². The molecule has 1 aromatic carbocycles. The van der Waals surface area contributed by atoms with Gasteiger partial charge in [-0.1, -0.05) is 18.2 Å². The second-order valence-electron chi connectivity index (χ2n) is 5.84. The van der Waals surface area contributed by atoms with E-state index in [0.29, 0.717) is 31.5 Å². The zero-order valence-electron chi connectivity index (χ0n) is 12.2. The molecule has 6 nitrogen and oxygen atoms in total. The Hall–Kier alpha value is -2.37. The van der Waals surface area contributed by atoms with Crippen LogP contribution in [-0.2, 0) is 16.1 Å². The molecule has 0 radical (unpaired) electrons. The molecule has 2 aliphatic rings. The molecule has 2 heterocycles. The minimum absolute atomic E-state index is 0.0137. The first kappa shape index (κ1) is 14.6. The van der Waals surface area contributed by atoms with E-state index >= 15 is 0 Å². The zero-order valence-corrected chi connectivity index (χ0v) is 12.2. The Morgan fingerprint density at radius 1 is 1.27 bits per heavy atom. The lowest BCUT2D eigenvalue weighted by molar-refractivity contribution is -0.145. The predicted octanol–water partition coefficient (Wildman–Crippen LogP) is 0.966. The van der Waals surface area contributed by atoms with Gasteiger partial charge in [-0.25, -0.2) is 0 Å². The second kappa shape index (κ2) is 5.79. The number of hydrogen-bond acceptors (Lipinski definition) is 3. The highest BCUT2D eigenvalue weighted by molar-refractivity contribution is 6.00. The van der Waals surface area contributed by atoms with Gasteiger partial charge in [-0.3, -0.25) is 14.4 Å². The smallest absolute Gasteiger partial charge is 0.308 e. The fourth-order valence-corrected chi connectivity index (χ4v) is 3.11. The van der Waals surface area contributed by atoms with E-state index in [2.05, 4.69) is 0 Å². The van der Waals surface area contributed by atoms with Crippen molar-refractivity contribution >= 4 is 17.8 Å². The van der Waals surface area contributed by atoms with Crippen LogP contribution in [-0.4, -0.2) is 52.3 Å². The van der Waals surface area contributed by atoms with Crippen LogP contribution in [0.15, 0.2) is 24.3 Å².